The van der Waals surface area contributed by atoms with Crippen molar-refractivity contribution >= 4 is 47.4 Å². The maximum Gasteiger partial charge on any atom is 0.223 e. The average Bonchev–Trinajstić information content (AvgIpc) is 3.50. The van der Waals surface area contributed by atoms with Crippen molar-refractivity contribution in [2.24, 2.45) is 10.9 Å². The first-order valence-electron chi connectivity index (χ1n) is 11.1. The van der Waals surface area contributed by atoms with Crippen LogP contribution in [0.2, 0.25) is 5.02 Å². The van der Waals surface area contributed by atoms with Gasteiger partial charge in [-0.15, -0.1) is 24.0 Å². The van der Waals surface area contributed by atoms with Crippen molar-refractivity contribution in [1.82, 2.24) is 15.5 Å². The zero-order chi connectivity index (χ0) is 21.7. The van der Waals surface area contributed by atoms with E-state index in [1.807, 2.05) is 35.2 Å². The van der Waals surface area contributed by atoms with E-state index in [4.69, 9.17) is 11.6 Å². The van der Waals surface area contributed by atoms with E-state index in [9.17, 15) is 4.79 Å². The molecule has 1 heterocycles. The van der Waals surface area contributed by atoms with Crippen LogP contribution >= 0.6 is 35.6 Å². The minimum absolute atomic E-state index is 0. The van der Waals surface area contributed by atoms with E-state index in [1.165, 1.54) is 24.0 Å². The largest absolute Gasteiger partial charge is 0.356 e. The highest BCUT2D eigenvalue weighted by atomic mass is 127. The molecule has 2 aliphatic rings. The molecule has 0 radical (unpaired) electrons. The molecule has 0 spiro atoms. The summed E-state index contributed by atoms with van der Waals surface area (Å²) in [6, 6.07) is 18.5. The number of benzene rings is 2. The summed E-state index contributed by atoms with van der Waals surface area (Å²) in [5.41, 5.74) is 2.78. The molecule has 2 aromatic carbocycles. The van der Waals surface area contributed by atoms with Gasteiger partial charge in [0.25, 0.3) is 0 Å². The minimum atomic E-state index is 0. The van der Waals surface area contributed by atoms with Crippen LogP contribution in [0.4, 0.5) is 0 Å². The van der Waals surface area contributed by atoms with Crippen LogP contribution in [0, 0.1) is 5.92 Å². The van der Waals surface area contributed by atoms with Crippen molar-refractivity contribution in [1.29, 1.82) is 0 Å². The maximum atomic E-state index is 12.4. The number of guanidine groups is 1. The molecule has 1 aliphatic heterocycles. The molecule has 32 heavy (non-hydrogen) atoms. The molecule has 0 bridgehead atoms. The molecule has 1 aliphatic carbocycles. The number of nitrogens with one attached hydrogen (secondary N) is 2. The summed E-state index contributed by atoms with van der Waals surface area (Å²) in [4.78, 5) is 18.8. The summed E-state index contributed by atoms with van der Waals surface area (Å²) >= 11 is 6.03. The van der Waals surface area contributed by atoms with Crippen LogP contribution in [-0.2, 0) is 16.6 Å². The lowest BCUT2D eigenvalue weighted by atomic mass is 9.96. The maximum absolute atomic E-state index is 12.4. The van der Waals surface area contributed by atoms with Crippen molar-refractivity contribution in [2.45, 2.75) is 31.1 Å². The Hall–Kier alpha value is -1.80. The third-order valence-electron chi connectivity index (χ3n) is 6.49. The Kier molecular flexibility index (Phi) is 8.82. The number of hydrogen-bond acceptors (Lipinski definition) is 2. The van der Waals surface area contributed by atoms with Gasteiger partial charge < -0.3 is 15.5 Å². The van der Waals surface area contributed by atoms with Crippen LogP contribution in [0.1, 0.15) is 30.4 Å². The number of carbonyl (C=O) groups is 1. The molecule has 0 aromatic heterocycles. The van der Waals surface area contributed by atoms with Gasteiger partial charge in [-0.25, -0.2) is 0 Å². The van der Waals surface area contributed by atoms with Crippen molar-refractivity contribution in [3.05, 3.63) is 70.7 Å². The third kappa shape index (κ3) is 6.38. The van der Waals surface area contributed by atoms with Gasteiger partial charge in [0.1, 0.15) is 0 Å². The molecule has 1 unspecified atom stereocenters. The number of carbonyl (C=O) groups excluding carboxylic acids is 1. The number of amides is 1. The third-order valence-corrected chi connectivity index (χ3v) is 6.75. The van der Waals surface area contributed by atoms with Crippen LogP contribution in [0.15, 0.2) is 59.6 Å². The predicted octanol–water partition coefficient (Wildman–Crippen LogP) is 4.25. The number of likely N-dealkylation sites (tertiary alicyclic amines) is 1. The number of rotatable bonds is 8. The highest BCUT2D eigenvalue weighted by Gasteiger charge is 2.44. The first-order chi connectivity index (χ1) is 15.1. The van der Waals surface area contributed by atoms with Gasteiger partial charge in [0.2, 0.25) is 5.91 Å². The van der Waals surface area contributed by atoms with Crippen LogP contribution < -0.4 is 10.6 Å². The lowest BCUT2D eigenvalue weighted by Crippen LogP contribution is -2.43. The van der Waals surface area contributed by atoms with E-state index in [1.54, 1.807) is 7.05 Å². The zero-order valence-corrected chi connectivity index (χ0v) is 21.6. The Morgan fingerprint density at radius 2 is 1.84 bits per heavy atom. The van der Waals surface area contributed by atoms with Crippen LogP contribution in [0.5, 0.6) is 0 Å². The summed E-state index contributed by atoms with van der Waals surface area (Å²) in [5, 5.41) is 7.68. The lowest BCUT2D eigenvalue weighted by Gasteiger charge is -2.20. The first-order valence-corrected chi connectivity index (χ1v) is 11.5. The fourth-order valence-electron chi connectivity index (χ4n) is 4.35. The summed E-state index contributed by atoms with van der Waals surface area (Å²) in [6.07, 6.45) is 3.86. The van der Waals surface area contributed by atoms with Gasteiger partial charge in [-0.1, -0.05) is 54.1 Å². The van der Waals surface area contributed by atoms with Gasteiger partial charge in [-0.05, 0) is 42.5 Å². The SMILES string of the molecule is CN=C(NCC1CC(=O)N(CCc2ccccc2)C1)NCC1(c2ccc(Cl)cc2)CC1.I. The molecule has 1 saturated carbocycles. The Labute approximate surface area is 213 Å². The van der Waals surface area contributed by atoms with E-state index in [2.05, 4.69) is 39.9 Å². The predicted molar refractivity (Wildman–Crippen MR) is 142 cm³/mol. The van der Waals surface area contributed by atoms with Gasteiger partial charge in [0.15, 0.2) is 5.96 Å². The molecule has 172 valence electrons. The molecular weight excluding hydrogens is 535 g/mol. The summed E-state index contributed by atoms with van der Waals surface area (Å²) in [5.74, 6) is 1.37. The summed E-state index contributed by atoms with van der Waals surface area (Å²) in [7, 11) is 1.79. The van der Waals surface area contributed by atoms with Crippen LogP contribution in [0.25, 0.3) is 0 Å². The second kappa shape index (κ2) is 11.4. The smallest absolute Gasteiger partial charge is 0.223 e. The minimum Gasteiger partial charge on any atom is -0.356 e. The number of nitrogens with zero attached hydrogens (tertiary/aromatic N) is 2. The van der Waals surface area contributed by atoms with Gasteiger partial charge in [-0.2, -0.15) is 0 Å². The molecule has 5 nitrogen and oxygen atoms in total. The van der Waals surface area contributed by atoms with Crippen LogP contribution in [0.3, 0.4) is 0 Å². The monoisotopic (exact) mass is 566 g/mol. The van der Waals surface area contributed by atoms with Crippen molar-refractivity contribution < 1.29 is 4.79 Å². The van der Waals surface area contributed by atoms with Gasteiger partial charge in [-0.3, -0.25) is 9.79 Å². The number of aliphatic imine (C=N–C) groups is 1. The second-order valence-electron chi connectivity index (χ2n) is 8.74. The van der Waals surface area contributed by atoms with E-state index in [-0.39, 0.29) is 35.3 Å². The Bertz CT molecular complexity index is 915. The standard InChI is InChI=1S/C25H31ClN4O.HI/c1-27-24(29-18-25(12-13-25)21-7-9-22(26)10-8-21)28-16-20-15-23(31)30(17-20)14-11-19-5-3-2-4-6-19;/h2-10,20H,11-18H2,1H3,(H2,27,28,29);1H. The molecular formula is C25H32ClIN4O. The molecule has 1 atom stereocenters. The Balaban J connectivity index is 0.00000289. The van der Waals surface area contributed by atoms with Crippen molar-refractivity contribution in [2.75, 3.05) is 33.2 Å². The first kappa shape index (κ1) is 24.8. The quantitative estimate of drug-likeness (QED) is 0.286. The van der Waals surface area contributed by atoms with E-state index in [0.717, 1.165) is 43.6 Å². The fraction of sp³-hybridized carbons (Fsp3) is 0.440. The van der Waals surface area contributed by atoms with Crippen molar-refractivity contribution in [3.63, 3.8) is 0 Å². The Morgan fingerprint density at radius 1 is 1.12 bits per heavy atom. The van der Waals surface area contributed by atoms with Gasteiger partial charge in [0.05, 0.1) is 0 Å². The molecule has 2 fully saturated rings. The summed E-state index contributed by atoms with van der Waals surface area (Å²) < 4.78 is 0. The lowest BCUT2D eigenvalue weighted by molar-refractivity contribution is -0.127. The Morgan fingerprint density at radius 3 is 2.50 bits per heavy atom. The topological polar surface area (TPSA) is 56.7 Å². The highest BCUT2D eigenvalue weighted by Crippen LogP contribution is 2.47. The molecule has 7 heteroatoms. The second-order valence-corrected chi connectivity index (χ2v) is 9.18. The molecule has 1 saturated heterocycles. The normalized spacial score (nSPS) is 19.4. The molecule has 2 N–H and O–H groups in total. The van der Waals surface area contributed by atoms with Crippen molar-refractivity contribution in [3.8, 4) is 0 Å². The fourth-order valence-corrected chi connectivity index (χ4v) is 4.48. The summed E-state index contributed by atoms with van der Waals surface area (Å²) in [6.45, 7) is 3.20. The average molecular weight is 567 g/mol. The van der Waals surface area contributed by atoms with E-state index in [0.29, 0.717) is 12.3 Å². The van der Waals surface area contributed by atoms with E-state index < -0.39 is 0 Å². The van der Waals surface area contributed by atoms with Gasteiger partial charge in [0, 0.05) is 56.0 Å². The zero-order valence-electron chi connectivity index (χ0n) is 18.5. The molecule has 2 aromatic rings. The van der Waals surface area contributed by atoms with Gasteiger partial charge >= 0.3 is 0 Å². The number of halogens is 2. The highest BCUT2D eigenvalue weighted by molar-refractivity contribution is 14.0. The molecule has 1 amide bonds. The number of hydrogen-bond donors (Lipinski definition) is 2. The molecule has 4 rings (SSSR count). The van der Waals surface area contributed by atoms with E-state index >= 15 is 0 Å². The van der Waals surface area contributed by atoms with Crippen LogP contribution in [-0.4, -0.2) is 50.0 Å².